The van der Waals surface area contributed by atoms with E-state index in [4.69, 9.17) is 0 Å². The Balaban J connectivity index is 1.62. The second-order valence-electron chi connectivity index (χ2n) is 11.1. The first-order valence-corrected chi connectivity index (χ1v) is 13.6. The molecule has 0 aromatic heterocycles. The Morgan fingerprint density at radius 2 is 1.42 bits per heavy atom. The normalized spacial score (nSPS) is 27.3. The van der Waals surface area contributed by atoms with E-state index in [9.17, 15) is 15.2 Å². The van der Waals surface area contributed by atoms with E-state index in [0.717, 1.165) is 24.7 Å². The molecule has 4 rings (SSSR count). The molecule has 1 aromatic carbocycles. The molecular formula is C29H42N2O2. The van der Waals surface area contributed by atoms with Crippen LogP contribution < -0.4 is 0 Å². The van der Waals surface area contributed by atoms with Crippen molar-refractivity contribution in [3.63, 3.8) is 0 Å². The number of rotatable bonds is 8. The van der Waals surface area contributed by atoms with Crippen molar-refractivity contribution in [3.8, 4) is 6.07 Å². The van der Waals surface area contributed by atoms with Gasteiger partial charge in [0.05, 0.1) is 11.6 Å². The summed E-state index contributed by atoms with van der Waals surface area (Å²) >= 11 is 0. The number of hydrogen-bond acceptors (Lipinski definition) is 3. The number of nitriles is 1. The monoisotopic (exact) mass is 450 g/mol. The molecule has 3 fully saturated rings. The lowest BCUT2D eigenvalue weighted by Crippen LogP contribution is -2.48. The van der Waals surface area contributed by atoms with Gasteiger partial charge >= 0.3 is 5.97 Å². The molecule has 3 aliphatic carbocycles. The Hall–Kier alpha value is -1.86. The van der Waals surface area contributed by atoms with E-state index in [1.165, 1.54) is 89.3 Å². The van der Waals surface area contributed by atoms with Crippen LogP contribution in [0.4, 0.5) is 0 Å². The first kappa shape index (κ1) is 24.3. The van der Waals surface area contributed by atoms with Crippen LogP contribution in [-0.4, -0.2) is 35.1 Å². The average molecular weight is 451 g/mol. The number of nitrogens with zero attached hydrogens (tertiary/aromatic N) is 2. The minimum absolute atomic E-state index is 0.175. The van der Waals surface area contributed by atoms with E-state index in [1.807, 2.05) is 12.1 Å². The number of benzene rings is 1. The van der Waals surface area contributed by atoms with E-state index in [-0.39, 0.29) is 18.3 Å². The van der Waals surface area contributed by atoms with E-state index in [0.29, 0.717) is 11.6 Å². The van der Waals surface area contributed by atoms with Crippen LogP contribution in [0.1, 0.15) is 107 Å². The molecule has 0 heterocycles. The van der Waals surface area contributed by atoms with Crippen LogP contribution in [0.3, 0.4) is 0 Å². The van der Waals surface area contributed by atoms with Crippen LogP contribution in [0, 0.1) is 29.1 Å². The SMILES string of the molecule is N#Cc1ccc(C2C(CC(=O)O)CCCC2N(CC2CCCCC2)CC2CCCCC2)cc1. The molecule has 0 aliphatic heterocycles. The van der Waals surface area contributed by atoms with Crippen molar-refractivity contribution in [2.75, 3.05) is 13.1 Å². The molecular weight excluding hydrogens is 408 g/mol. The molecule has 1 aromatic rings. The number of aliphatic carboxylic acids is 1. The third kappa shape index (κ3) is 6.60. The van der Waals surface area contributed by atoms with Crippen molar-refractivity contribution in [1.82, 2.24) is 4.90 Å². The first-order valence-electron chi connectivity index (χ1n) is 13.6. The largest absolute Gasteiger partial charge is 0.481 e. The summed E-state index contributed by atoms with van der Waals surface area (Å²) in [7, 11) is 0. The van der Waals surface area contributed by atoms with Crippen LogP contribution in [0.5, 0.6) is 0 Å². The lowest BCUT2D eigenvalue weighted by molar-refractivity contribution is -0.138. The molecule has 3 aliphatic rings. The highest BCUT2D eigenvalue weighted by Gasteiger charge is 2.39. The Bertz CT molecular complexity index is 767. The van der Waals surface area contributed by atoms with Crippen molar-refractivity contribution in [1.29, 1.82) is 5.26 Å². The first-order chi connectivity index (χ1) is 16.1. The smallest absolute Gasteiger partial charge is 0.303 e. The lowest BCUT2D eigenvalue weighted by Gasteiger charge is -2.47. The molecule has 33 heavy (non-hydrogen) atoms. The van der Waals surface area contributed by atoms with Gasteiger partial charge in [0, 0.05) is 31.5 Å². The Labute approximate surface area is 200 Å². The Kier molecular flexibility index (Phi) is 8.84. The van der Waals surface area contributed by atoms with Gasteiger partial charge in [-0.2, -0.15) is 5.26 Å². The number of carboxylic acids is 1. The fraction of sp³-hybridized carbons (Fsp3) is 0.724. The molecule has 180 valence electrons. The van der Waals surface area contributed by atoms with Crippen LogP contribution in [0.2, 0.25) is 0 Å². The average Bonchev–Trinajstić information content (AvgIpc) is 2.84. The molecule has 0 spiro atoms. The minimum Gasteiger partial charge on any atom is -0.481 e. The fourth-order valence-electron chi connectivity index (χ4n) is 7.15. The van der Waals surface area contributed by atoms with Gasteiger partial charge in [0.25, 0.3) is 0 Å². The summed E-state index contributed by atoms with van der Waals surface area (Å²) < 4.78 is 0. The Morgan fingerprint density at radius 1 is 0.848 bits per heavy atom. The number of carbonyl (C=O) groups is 1. The van der Waals surface area contributed by atoms with Gasteiger partial charge in [0.2, 0.25) is 0 Å². The van der Waals surface area contributed by atoms with Gasteiger partial charge in [0.15, 0.2) is 0 Å². The van der Waals surface area contributed by atoms with Crippen molar-refractivity contribution < 1.29 is 9.90 Å². The molecule has 4 heteroatoms. The highest BCUT2D eigenvalue weighted by Crippen LogP contribution is 2.43. The van der Waals surface area contributed by atoms with Gasteiger partial charge in [-0.3, -0.25) is 9.69 Å². The maximum atomic E-state index is 11.8. The molecule has 3 atom stereocenters. The fourth-order valence-corrected chi connectivity index (χ4v) is 7.15. The summed E-state index contributed by atoms with van der Waals surface area (Å²) in [6.07, 6.45) is 17.2. The number of hydrogen-bond donors (Lipinski definition) is 1. The van der Waals surface area contributed by atoms with Crippen molar-refractivity contribution in [2.24, 2.45) is 17.8 Å². The van der Waals surface area contributed by atoms with Crippen molar-refractivity contribution in [3.05, 3.63) is 35.4 Å². The molecule has 0 saturated heterocycles. The second-order valence-corrected chi connectivity index (χ2v) is 11.1. The summed E-state index contributed by atoms with van der Waals surface area (Å²) in [5.74, 6) is 1.34. The molecule has 0 amide bonds. The van der Waals surface area contributed by atoms with Crippen LogP contribution >= 0.6 is 0 Å². The highest BCUT2D eigenvalue weighted by atomic mass is 16.4. The van der Waals surface area contributed by atoms with Crippen molar-refractivity contribution >= 4 is 5.97 Å². The van der Waals surface area contributed by atoms with E-state index in [2.05, 4.69) is 23.1 Å². The quantitative estimate of drug-likeness (QED) is 0.476. The molecule has 3 unspecified atom stereocenters. The lowest BCUT2D eigenvalue weighted by atomic mass is 9.70. The van der Waals surface area contributed by atoms with Crippen LogP contribution in [0.15, 0.2) is 24.3 Å². The zero-order chi connectivity index (χ0) is 23.0. The molecule has 3 saturated carbocycles. The van der Waals surface area contributed by atoms with Crippen molar-refractivity contribution in [2.45, 2.75) is 102 Å². The van der Waals surface area contributed by atoms with Gasteiger partial charge in [-0.15, -0.1) is 0 Å². The minimum atomic E-state index is -0.676. The standard InChI is InChI=1S/C29H42N2O2/c30-19-22-14-16-25(17-15-22)29-26(18-28(32)33)12-7-13-27(29)31(20-23-8-3-1-4-9-23)21-24-10-5-2-6-11-24/h14-17,23-24,26-27,29H,1-13,18,20-21H2,(H,32,33). The van der Waals surface area contributed by atoms with Gasteiger partial charge < -0.3 is 5.11 Å². The van der Waals surface area contributed by atoms with E-state index in [1.54, 1.807) is 0 Å². The predicted molar refractivity (Wildman–Crippen MR) is 132 cm³/mol. The maximum absolute atomic E-state index is 11.8. The topological polar surface area (TPSA) is 64.3 Å². The van der Waals surface area contributed by atoms with E-state index < -0.39 is 5.97 Å². The third-order valence-electron chi connectivity index (χ3n) is 8.76. The van der Waals surface area contributed by atoms with Crippen LogP contribution in [-0.2, 0) is 4.79 Å². The highest BCUT2D eigenvalue weighted by molar-refractivity contribution is 5.67. The second kappa shape index (κ2) is 12.0. The Morgan fingerprint density at radius 3 is 1.94 bits per heavy atom. The zero-order valence-corrected chi connectivity index (χ0v) is 20.3. The van der Waals surface area contributed by atoms with Gasteiger partial charge in [-0.1, -0.05) is 57.1 Å². The maximum Gasteiger partial charge on any atom is 0.303 e. The predicted octanol–water partition coefficient (Wildman–Crippen LogP) is 6.75. The third-order valence-corrected chi connectivity index (χ3v) is 8.76. The zero-order valence-electron chi connectivity index (χ0n) is 20.3. The van der Waals surface area contributed by atoms with Gasteiger partial charge in [-0.05, 0) is 74.0 Å². The summed E-state index contributed by atoms with van der Waals surface area (Å²) in [4.78, 5) is 14.6. The summed E-state index contributed by atoms with van der Waals surface area (Å²) in [6.45, 7) is 2.38. The summed E-state index contributed by atoms with van der Waals surface area (Å²) in [5, 5.41) is 19.0. The summed E-state index contributed by atoms with van der Waals surface area (Å²) in [5.41, 5.74) is 1.92. The van der Waals surface area contributed by atoms with E-state index >= 15 is 0 Å². The molecule has 1 N–H and O–H groups in total. The number of carboxylic acid groups (broad SMARTS) is 1. The van der Waals surface area contributed by atoms with Gasteiger partial charge in [0.1, 0.15) is 0 Å². The molecule has 0 bridgehead atoms. The molecule has 4 nitrogen and oxygen atoms in total. The van der Waals surface area contributed by atoms with Gasteiger partial charge in [-0.25, -0.2) is 0 Å². The van der Waals surface area contributed by atoms with Crippen LogP contribution in [0.25, 0.3) is 0 Å². The summed E-state index contributed by atoms with van der Waals surface area (Å²) in [6, 6.07) is 10.7. The molecule has 0 radical (unpaired) electrons.